The smallest absolute Gasteiger partial charge is 0.238 e. The monoisotopic (exact) mass is 371 g/mol. The highest BCUT2D eigenvalue weighted by atomic mass is 32.2. The number of hydrogen-bond acceptors (Lipinski definition) is 4. The predicted molar refractivity (Wildman–Crippen MR) is 102 cm³/mol. The number of carbonyl (C=O) groups excluding carboxylic acids is 2. The van der Waals surface area contributed by atoms with Gasteiger partial charge in [0.15, 0.2) is 5.17 Å². The first kappa shape index (κ1) is 18.1. The third-order valence-corrected chi connectivity index (χ3v) is 5.03. The maximum absolute atomic E-state index is 13.0. The molecule has 5 nitrogen and oxygen atoms in total. The molecule has 2 aromatic carbocycles. The second-order valence-corrected chi connectivity index (χ2v) is 6.84. The molecule has 3 rings (SSSR count). The van der Waals surface area contributed by atoms with Crippen LogP contribution in [0.25, 0.3) is 0 Å². The molecule has 0 aliphatic carbocycles. The van der Waals surface area contributed by atoms with Crippen LogP contribution in [-0.2, 0) is 9.59 Å². The van der Waals surface area contributed by atoms with Gasteiger partial charge in [0.05, 0.1) is 5.69 Å². The van der Waals surface area contributed by atoms with Crippen molar-refractivity contribution in [1.29, 1.82) is 0 Å². The van der Waals surface area contributed by atoms with Crippen LogP contribution in [-0.4, -0.2) is 33.7 Å². The quantitative estimate of drug-likeness (QED) is 0.889. The molecule has 0 unspecified atom stereocenters. The van der Waals surface area contributed by atoms with Crippen molar-refractivity contribution < 1.29 is 14.0 Å². The lowest BCUT2D eigenvalue weighted by Gasteiger charge is -2.30. The van der Waals surface area contributed by atoms with E-state index in [1.807, 2.05) is 37.3 Å². The molecule has 0 radical (unpaired) electrons. The van der Waals surface area contributed by atoms with Gasteiger partial charge in [-0.15, -0.1) is 0 Å². The molecular formula is C19H18FN3O2S. The number of rotatable bonds is 4. The van der Waals surface area contributed by atoms with Crippen molar-refractivity contribution in [2.75, 3.05) is 11.9 Å². The summed E-state index contributed by atoms with van der Waals surface area (Å²) >= 11 is 1.26. The number of amides is 2. The molecule has 0 bridgehead atoms. The number of anilines is 1. The fraction of sp³-hybridized carbons (Fsp3) is 0.211. The Kier molecular flexibility index (Phi) is 5.68. The van der Waals surface area contributed by atoms with E-state index in [0.717, 1.165) is 5.69 Å². The van der Waals surface area contributed by atoms with Gasteiger partial charge in [-0.3, -0.25) is 14.5 Å². The van der Waals surface area contributed by atoms with Crippen LogP contribution in [0.3, 0.4) is 0 Å². The van der Waals surface area contributed by atoms with Crippen LogP contribution in [0.4, 0.5) is 15.8 Å². The van der Waals surface area contributed by atoms with E-state index in [1.54, 1.807) is 4.90 Å². The first-order chi connectivity index (χ1) is 12.6. The highest BCUT2D eigenvalue weighted by Gasteiger charge is 2.35. The van der Waals surface area contributed by atoms with Gasteiger partial charge in [0.25, 0.3) is 0 Å². The van der Waals surface area contributed by atoms with Gasteiger partial charge in [0.1, 0.15) is 11.1 Å². The van der Waals surface area contributed by atoms with Crippen molar-refractivity contribution in [2.45, 2.75) is 18.6 Å². The molecule has 1 N–H and O–H groups in total. The summed E-state index contributed by atoms with van der Waals surface area (Å²) in [6, 6.07) is 14.8. The minimum atomic E-state index is -0.585. The van der Waals surface area contributed by atoms with Gasteiger partial charge in [-0.25, -0.2) is 9.38 Å². The van der Waals surface area contributed by atoms with E-state index in [2.05, 4.69) is 10.3 Å². The van der Waals surface area contributed by atoms with Crippen LogP contribution in [0, 0.1) is 5.82 Å². The van der Waals surface area contributed by atoms with E-state index in [4.69, 9.17) is 0 Å². The first-order valence-corrected chi connectivity index (χ1v) is 9.12. The van der Waals surface area contributed by atoms with E-state index in [0.29, 0.717) is 17.4 Å². The topological polar surface area (TPSA) is 61.8 Å². The summed E-state index contributed by atoms with van der Waals surface area (Å²) in [5, 5.41) is 2.65. The molecule has 0 aromatic heterocycles. The van der Waals surface area contributed by atoms with E-state index in [-0.39, 0.29) is 24.1 Å². The molecule has 0 saturated carbocycles. The summed E-state index contributed by atoms with van der Waals surface area (Å²) in [6.45, 7) is 2.36. The van der Waals surface area contributed by atoms with Crippen LogP contribution in [0.2, 0.25) is 0 Å². The Morgan fingerprint density at radius 1 is 1.23 bits per heavy atom. The van der Waals surface area contributed by atoms with Crippen molar-refractivity contribution in [2.24, 2.45) is 4.99 Å². The van der Waals surface area contributed by atoms with E-state index in [1.165, 1.54) is 36.0 Å². The van der Waals surface area contributed by atoms with Crippen LogP contribution < -0.4 is 5.32 Å². The predicted octanol–water partition coefficient (Wildman–Crippen LogP) is 3.81. The second kappa shape index (κ2) is 8.14. The van der Waals surface area contributed by atoms with Gasteiger partial charge < -0.3 is 5.32 Å². The fourth-order valence-electron chi connectivity index (χ4n) is 2.52. The minimum Gasteiger partial charge on any atom is -0.325 e. The van der Waals surface area contributed by atoms with E-state index in [9.17, 15) is 14.0 Å². The summed E-state index contributed by atoms with van der Waals surface area (Å²) in [7, 11) is 0. The lowest BCUT2D eigenvalue weighted by atomic mass is 10.2. The molecule has 1 saturated heterocycles. The SMILES string of the molecule is CCN1C(=O)C[C@H](C(=O)Nc2ccc(F)cc2)SC1=Nc1ccccc1. The number of para-hydroxylation sites is 1. The molecule has 7 heteroatoms. The Balaban J connectivity index is 1.78. The van der Waals surface area contributed by atoms with Gasteiger partial charge in [-0.1, -0.05) is 30.0 Å². The molecule has 1 heterocycles. The Morgan fingerprint density at radius 3 is 2.58 bits per heavy atom. The molecule has 1 fully saturated rings. The average molecular weight is 371 g/mol. The molecule has 2 aromatic rings. The number of carbonyl (C=O) groups is 2. The normalized spacial score (nSPS) is 18.8. The third-order valence-electron chi connectivity index (χ3n) is 3.84. The molecule has 1 atom stereocenters. The van der Waals surface area contributed by atoms with Crippen molar-refractivity contribution >= 4 is 40.1 Å². The highest BCUT2D eigenvalue weighted by Crippen LogP contribution is 2.29. The van der Waals surface area contributed by atoms with Crippen molar-refractivity contribution in [1.82, 2.24) is 4.90 Å². The molecule has 1 aliphatic rings. The van der Waals surface area contributed by atoms with Gasteiger partial charge in [0, 0.05) is 18.7 Å². The zero-order chi connectivity index (χ0) is 18.5. The molecule has 2 amide bonds. The third kappa shape index (κ3) is 4.29. The Labute approximate surface area is 155 Å². The van der Waals surface area contributed by atoms with E-state index >= 15 is 0 Å². The van der Waals surface area contributed by atoms with Crippen molar-refractivity contribution in [3.8, 4) is 0 Å². The van der Waals surface area contributed by atoms with Crippen LogP contribution in [0.5, 0.6) is 0 Å². The Hall–Kier alpha value is -2.67. The maximum Gasteiger partial charge on any atom is 0.238 e. The number of thioether (sulfide) groups is 1. The van der Waals surface area contributed by atoms with Crippen molar-refractivity contribution in [3.05, 3.63) is 60.4 Å². The van der Waals surface area contributed by atoms with Crippen LogP contribution >= 0.6 is 11.8 Å². The van der Waals surface area contributed by atoms with Crippen LogP contribution in [0.1, 0.15) is 13.3 Å². The first-order valence-electron chi connectivity index (χ1n) is 8.24. The van der Waals surface area contributed by atoms with Gasteiger partial charge >= 0.3 is 0 Å². The number of halogens is 1. The molecule has 26 heavy (non-hydrogen) atoms. The largest absolute Gasteiger partial charge is 0.325 e. The minimum absolute atomic E-state index is 0.0966. The van der Waals surface area contributed by atoms with Gasteiger partial charge in [0.2, 0.25) is 11.8 Å². The molecular weight excluding hydrogens is 353 g/mol. The zero-order valence-corrected chi connectivity index (χ0v) is 15.0. The summed E-state index contributed by atoms with van der Waals surface area (Å²) in [5.41, 5.74) is 1.21. The van der Waals surface area contributed by atoms with E-state index < -0.39 is 5.25 Å². The fourth-order valence-corrected chi connectivity index (χ4v) is 3.68. The summed E-state index contributed by atoms with van der Waals surface area (Å²) < 4.78 is 13.0. The molecule has 1 aliphatic heterocycles. The van der Waals surface area contributed by atoms with Crippen molar-refractivity contribution in [3.63, 3.8) is 0 Å². The summed E-state index contributed by atoms with van der Waals surface area (Å²) in [4.78, 5) is 31.1. The lowest BCUT2D eigenvalue weighted by Crippen LogP contribution is -2.45. The molecule has 0 spiro atoms. The Morgan fingerprint density at radius 2 is 1.92 bits per heavy atom. The van der Waals surface area contributed by atoms with Gasteiger partial charge in [-0.05, 0) is 43.3 Å². The summed E-state index contributed by atoms with van der Waals surface area (Å²) in [6.07, 6.45) is 0.0966. The number of hydrogen-bond donors (Lipinski definition) is 1. The lowest BCUT2D eigenvalue weighted by molar-refractivity contribution is -0.129. The maximum atomic E-state index is 13.0. The zero-order valence-electron chi connectivity index (χ0n) is 14.2. The standard InChI is InChI=1S/C19H18FN3O2S/c1-2-23-17(24)12-16(18(25)21-15-10-8-13(20)9-11-15)26-19(23)22-14-6-4-3-5-7-14/h3-11,16H,2,12H2,1H3,(H,21,25)/t16-/m1/s1. The highest BCUT2D eigenvalue weighted by molar-refractivity contribution is 8.15. The summed E-state index contributed by atoms with van der Waals surface area (Å²) in [5.74, 6) is -0.812. The number of benzene rings is 2. The number of nitrogens with one attached hydrogen (secondary N) is 1. The second-order valence-electron chi connectivity index (χ2n) is 5.67. The van der Waals surface area contributed by atoms with Crippen LogP contribution in [0.15, 0.2) is 59.6 Å². The number of amidine groups is 1. The molecule has 134 valence electrons. The Bertz CT molecular complexity index is 824. The van der Waals surface area contributed by atoms with Gasteiger partial charge in [-0.2, -0.15) is 0 Å². The number of nitrogens with zero attached hydrogens (tertiary/aromatic N) is 2. The average Bonchev–Trinajstić information content (AvgIpc) is 2.64. The number of aliphatic imine (C=N–C) groups is 1.